The lowest BCUT2D eigenvalue weighted by atomic mass is 10.2. The topological polar surface area (TPSA) is 48.1 Å². The van der Waals surface area contributed by atoms with E-state index in [0.717, 1.165) is 21.5 Å². The van der Waals surface area contributed by atoms with Gasteiger partial charge in [0.2, 0.25) is 0 Å². The fraction of sp³-hybridized carbons (Fsp3) is 0.214. The Bertz CT molecular complexity index is 538. The van der Waals surface area contributed by atoms with Crippen LogP contribution in [0.1, 0.15) is 24.2 Å². The van der Waals surface area contributed by atoms with E-state index in [1.54, 1.807) is 6.20 Å². The molecule has 1 atom stereocenters. The molecule has 0 saturated carbocycles. The van der Waals surface area contributed by atoms with Gasteiger partial charge in [-0.1, -0.05) is 15.9 Å². The molecule has 0 spiro atoms. The minimum absolute atomic E-state index is 0.0616. The highest BCUT2D eigenvalue weighted by molar-refractivity contribution is 9.10. The van der Waals surface area contributed by atoms with Crippen molar-refractivity contribution in [3.8, 4) is 11.5 Å². The molecule has 2 N–H and O–H groups in total. The Kier molecular flexibility index (Phi) is 3.99. The van der Waals surface area contributed by atoms with Crippen molar-refractivity contribution in [3.05, 3.63) is 52.3 Å². The van der Waals surface area contributed by atoms with Gasteiger partial charge in [-0.05, 0) is 49.7 Å². The maximum absolute atomic E-state index is 5.77. The van der Waals surface area contributed by atoms with E-state index < -0.39 is 0 Å². The SMILES string of the molecule is Cc1cc(Br)ccc1Oc1ccc([C@@H](C)N)nc1. The highest BCUT2D eigenvalue weighted by atomic mass is 79.9. The van der Waals surface area contributed by atoms with Crippen molar-refractivity contribution in [1.29, 1.82) is 0 Å². The third kappa shape index (κ3) is 3.09. The second-order valence-electron chi connectivity index (χ2n) is 4.22. The van der Waals surface area contributed by atoms with Crippen LogP contribution < -0.4 is 10.5 Å². The molecule has 0 aliphatic carbocycles. The van der Waals surface area contributed by atoms with Gasteiger partial charge in [0.05, 0.1) is 11.9 Å². The van der Waals surface area contributed by atoms with E-state index in [4.69, 9.17) is 10.5 Å². The lowest BCUT2D eigenvalue weighted by molar-refractivity contribution is 0.475. The Balaban J connectivity index is 2.18. The second kappa shape index (κ2) is 5.50. The normalized spacial score (nSPS) is 12.2. The standard InChI is InChI=1S/C14H15BrN2O/c1-9-7-11(15)3-6-14(9)18-12-4-5-13(10(2)16)17-8-12/h3-8,10H,16H2,1-2H3/t10-/m1/s1. The van der Waals surface area contributed by atoms with Gasteiger partial charge >= 0.3 is 0 Å². The number of pyridine rings is 1. The Morgan fingerprint density at radius 3 is 2.61 bits per heavy atom. The summed E-state index contributed by atoms with van der Waals surface area (Å²) in [4.78, 5) is 4.26. The summed E-state index contributed by atoms with van der Waals surface area (Å²) in [5, 5.41) is 0. The molecular formula is C14H15BrN2O. The van der Waals surface area contributed by atoms with E-state index >= 15 is 0 Å². The lowest BCUT2D eigenvalue weighted by Crippen LogP contribution is -2.06. The molecule has 0 aliphatic rings. The van der Waals surface area contributed by atoms with Gasteiger partial charge in [0.1, 0.15) is 11.5 Å². The van der Waals surface area contributed by atoms with Crippen LogP contribution in [0.4, 0.5) is 0 Å². The van der Waals surface area contributed by atoms with Gasteiger partial charge in [0.25, 0.3) is 0 Å². The number of benzene rings is 1. The van der Waals surface area contributed by atoms with Crippen molar-refractivity contribution in [3.63, 3.8) is 0 Å². The quantitative estimate of drug-likeness (QED) is 0.933. The molecule has 0 bridgehead atoms. The zero-order chi connectivity index (χ0) is 13.1. The van der Waals surface area contributed by atoms with Crippen LogP contribution in [0.5, 0.6) is 11.5 Å². The molecule has 94 valence electrons. The van der Waals surface area contributed by atoms with Crippen molar-refractivity contribution in [2.45, 2.75) is 19.9 Å². The first-order valence-electron chi connectivity index (χ1n) is 5.72. The summed E-state index contributed by atoms with van der Waals surface area (Å²) in [5.41, 5.74) is 7.67. The Morgan fingerprint density at radius 1 is 1.28 bits per heavy atom. The van der Waals surface area contributed by atoms with Gasteiger partial charge in [-0.3, -0.25) is 4.98 Å². The Labute approximate surface area is 115 Å². The van der Waals surface area contributed by atoms with Gasteiger partial charge in [0, 0.05) is 10.5 Å². The molecule has 2 aromatic rings. The maximum atomic E-state index is 5.77. The molecule has 1 heterocycles. The van der Waals surface area contributed by atoms with Gasteiger partial charge in [-0.15, -0.1) is 0 Å². The van der Waals surface area contributed by atoms with Crippen LogP contribution in [0.25, 0.3) is 0 Å². The molecule has 1 aromatic carbocycles. The monoisotopic (exact) mass is 306 g/mol. The Morgan fingerprint density at radius 2 is 2.06 bits per heavy atom. The number of hydrogen-bond acceptors (Lipinski definition) is 3. The predicted octanol–water partition coefficient (Wildman–Crippen LogP) is 3.96. The van der Waals surface area contributed by atoms with E-state index in [1.165, 1.54) is 0 Å². The van der Waals surface area contributed by atoms with Crippen LogP contribution in [0.3, 0.4) is 0 Å². The summed E-state index contributed by atoms with van der Waals surface area (Å²) in [6, 6.07) is 9.60. The van der Waals surface area contributed by atoms with E-state index in [1.807, 2.05) is 44.2 Å². The van der Waals surface area contributed by atoms with Crippen molar-refractivity contribution in [2.24, 2.45) is 5.73 Å². The number of rotatable bonds is 3. The smallest absolute Gasteiger partial charge is 0.145 e. The average molecular weight is 307 g/mol. The Hall–Kier alpha value is -1.39. The van der Waals surface area contributed by atoms with Crippen molar-refractivity contribution >= 4 is 15.9 Å². The van der Waals surface area contributed by atoms with Gasteiger partial charge in [-0.25, -0.2) is 0 Å². The van der Waals surface area contributed by atoms with Crippen molar-refractivity contribution in [1.82, 2.24) is 4.98 Å². The summed E-state index contributed by atoms with van der Waals surface area (Å²) in [7, 11) is 0. The first kappa shape index (κ1) is 13.1. The number of ether oxygens (including phenoxy) is 1. The van der Waals surface area contributed by atoms with E-state index in [-0.39, 0.29) is 6.04 Å². The van der Waals surface area contributed by atoms with E-state index in [9.17, 15) is 0 Å². The molecule has 2 rings (SSSR count). The van der Waals surface area contributed by atoms with Gasteiger partial charge < -0.3 is 10.5 Å². The zero-order valence-corrected chi connectivity index (χ0v) is 11.9. The van der Waals surface area contributed by atoms with Crippen molar-refractivity contribution in [2.75, 3.05) is 0 Å². The number of halogens is 1. The molecule has 0 radical (unpaired) electrons. The molecule has 0 unspecified atom stereocenters. The lowest BCUT2D eigenvalue weighted by Gasteiger charge is -2.10. The van der Waals surface area contributed by atoms with Gasteiger partial charge in [0.15, 0.2) is 0 Å². The summed E-state index contributed by atoms with van der Waals surface area (Å²) in [5.74, 6) is 1.54. The first-order valence-corrected chi connectivity index (χ1v) is 6.51. The predicted molar refractivity (Wildman–Crippen MR) is 75.8 cm³/mol. The van der Waals surface area contributed by atoms with Crippen LogP contribution in [0.15, 0.2) is 41.0 Å². The second-order valence-corrected chi connectivity index (χ2v) is 5.13. The molecule has 4 heteroatoms. The minimum Gasteiger partial charge on any atom is -0.455 e. The number of nitrogens with two attached hydrogens (primary N) is 1. The summed E-state index contributed by atoms with van der Waals surface area (Å²) in [6.07, 6.45) is 1.69. The fourth-order valence-electron chi connectivity index (χ4n) is 1.58. The third-order valence-corrected chi connectivity index (χ3v) is 3.08. The van der Waals surface area contributed by atoms with E-state index in [0.29, 0.717) is 5.75 Å². The number of nitrogens with zero attached hydrogens (tertiary/aromatic N) is 1. The van der Waals surface area contributed by atoms with Gasteiger partial charge in [-0.2, -0.15) is 0 Å². The van der Waals surface area contributed by atoms with Crippen LogP contribution in [-0.2, 0) is 0 Å². The zero-order valence-electron chi connectivity index (χ0n) is 10.4. The minimum atomic E-state index is -0.0616. The largest absolute Gasteiger partial charge is 0.455 e. The molecule has 0 aliphatic heterocycles. The average Bonchev–Trinajstić information content (AvgIpc) is 2.33. The molecule has 1 aromatic heterocycles. The highest BCUT2D eigenvalue weighted by Gasteiger charge is 2.04. The molecule has 3 nitrogen and oxygen atoms in total. The molecule has 0 fully saturated rings. The fourth-order valence-corrected chi connectivity index (χ4v) is 2.05. The summed E-state index contributed by atoms with van der Waals surface area (Å²) >= 11 is 3.43. The molecule has 0 saturated heterocycles. The van der Waals surface area contributed by atoms with Crippen LogP contribution in [0, 0.1) is 6.92 Å². The summed E-state index contributed by atoms with van der Waals surface area (Å²) in [6.45, 7) is 3.91. The highest BCUT2D eigenvalue weighted by Crippen LogP contribution is 2.27. The van der Waals surface area contributed by atoms with Crippen LogP contribution in [-0.4, -0.2) is 4.98 Å². The van der Waals surface area contributed by atoms with Crippen molar-refractivity contribution < 1.29 is 4.74 Å². The maximum Gasteiger partial charge on any atom is 0.145 e. The van der Waals surface area contributed by atoms with Crippen LogP contribution in [0.2, 0.25) is 0 Å². The number of aromatic nitrogens is 1. The number of hydrogen-bond donors (Lipinski definition) is 1. The summed E-state index contributed by atoms with van der Waals surface area (Å²) < 4.78 is 6.81. The molecular weight excluding hydrogens is 292 g/mol. The third-order valence-electron chi connectivity index (χ3n) is 2.59. The van der Waals surface area contributed by atoms with E-state index in [2.05, 4.69) is 20.9 Å². The molecule has 0 amide bonds. The first-order chi connectivity index (χ1) is 8.56. The van der Waals surface area contributed by atoms with Crippen LogP contribution >= 0.6 is 15.9 Å². The number of aryl methyl sites for hydroxylation is 1. The molecule has 18 heavy (non-hydrogen) atoms.